The average molecular weight is 397 g/mol. The van der Waals surface area contributed by atoms with Crippen LogP contribution in [0.2, 0.25) is 0 Å². The number of carbonyl (C=O) groups is 2. The number of hydrogen-bond donors (Lipinski definition) is 2. The lowest BCUT2D eigenvalue weighted by Gasteiger charge is -2.33. The third kappa shape index (κ3) is 4.52. The third-order valence-corrected chi connectivity index (χ3v) is 5.19. The predicted molar refractivity (Wildman–Crippen MR) is 98.0 cm³/mol. The molecule has 1 aromatic carbocycles. The number of methoxy groups -OCH3 is 2. The minimum Gasteiger partial charge on any atom is -0.493 e. The van der Waals surface area contributed by atoms with Crippen molar-refractivity contribution in [2.24, 2.45) is 0 Å². The Morgan fingerprint density at radius 2 is 1.86 bits per heavy atom. The van der Waals surface area contributed by atoms with Gasteiger partial charge in [0.15, 0.2) is 11.5 Å². The maximum atomic E-state index is 13.2. The molecule has 0 radical (unpaired) electrons. The smallest absolute Gasteiger partial charge is 0.262 e. The van der Waals surface area contributed by atoms with Crippen molar-refractivity contribution < 1.29 is 27.8 Å². The van der Waals surface area contributed by atoms with Crippen LogP contribution in [-0.2, 0) is 4.79 Å². The summed E-state index contributed by atoms with van der Waals surface area (Å²) >= 11 is 0. The number of halogens is 2. The Morgan fingerprint density at radius 1 is 1.18 bits per heavy atom. The molecule has 1 aromatic rings. The highest BCUT2D eigenvalue weighted by Crippen LogP contribution is 2.29. The van der Waals surface area contributed by atoms with Crippen molar-refractivity contribution in [2.75, 3.05) is 33.9 Å². The molecule has 0 aromatic heterocycles. The lowest BCUT2D eigenvalue weighted by molar-refractivity contribution is -0.124. The summed E-state index contributed by atoms with van der Waals surface area (Å²) in [7, 11) is 3.04. The second-order valence-corrected chi connectivity index (χ2v) is 7.14. The first-order chi connectivity index (χ1) is 13.3. The van der Waals surface area contributed by atoms with Crippen LogP contribution in [0.4, 0.5) is 8.78 Å². The van der Waals surface area contributed by atoms with Crippen LogP contribution in [-0.4, -0.2) is 68.6 Å². The van der Waals surface area contributed by atoms with Gasteiger partial charge in [-0.2, -0.15) is 0 Å². The molecule has 2 heterocycles. The van der Waals surface area contributed by atoms with Gasteiger partial charge in [-0.1, -0.05) is 0 Å². The topological polar surface area (TPSA) is 79.9 Å². The maximum absolute atomic E-state index is 13.2. The van der Waals surface area contributed by atoms with Crippen LogP contribution in [0.5, 0.6) is 11.5 Å². The Labute approximate surface area is 162 Å². The second-order valence-electron chi connectivity index (χ2n) is 7.14. The number of likely N-dealkylation sites (tertiary alicyclic amines) is 1. The summed E-state index contributed by atoms with van der Waals surface area (Å²) in [4.78, 5) is 26.6. The van der Waals surface area contributed by atoms with Crippen molar-refractivity contribution in [1.29, 1.82) is 0 Å². The van der Waals surface area contributed by atoms with Gasteiger partial charge in [-0.3, -0.25) is 14.9 Å². The number of benzene rings is 1. The van der Waals surface area contributed by atoms with Crippen LogP contribution in [0.15, 0.2) is 18.2 Å². The Bertz CT molecular complexity index is 736. The highest BCUT2D eigenvalue weighted by atomic mass is 19.3. The molecule has 2 amide bonds. The van der Waals surface area contributed by atoms with E-state index in [1.807, 2.05) is 0 Å². The Kier molecular flexibility index (Phi) is 6.02. The predicted octanol–water partition coefficient (Wildman–Crippen LogP) is 1.42. The first kappa shape index (κ1) is 20.3. The largest absolute Gasteiger partial charge is 0.493 e. The molecule has 1 unspecified atom stereocenters. The van der Waals surface area contributed by atoms with E-state index in [0.717, 1.165) is 0 Å². The van der Waals surface area contributed by atoms with Gasteiger partial charge in [0.25, 0.3) is 11.8 Å². The van der Waals surface area contributed by atoms with Crippen molar-refractivity contribution >= 4 is 11.8 Å². The monoisotopic (exact) mass is 397 g/mol. The van der Waals surface area contributed by atoms with Crippen LogP contribution in [0.3, 0.4) is 0 Å². The fourth-order valence-corrected chi connectivity index (χ4v) is 3.58. The van der Waals surface area contributed by atoms with E-state index in [0.29, 0.717) is 43.0 Å². The van der Waals surface area contributed by atoms with E-state index in [1.165, 1.54) is 14.2 Å². The molecule has 154 valence electrons. The van der Waals surface area contributed by atoms with Gasteiger partial charge in [0.2, 0.25) is 5.91 Å². The molecule has 2 fully saturated rings. The van der Waals surface area contributed by atoms with Gasteiger partial charge in [0.1, 0.15) is 0 Å². The summed E-state index contributed by atoms with van der Waals surface area (Å²) in [5, 5.41) is 5.38. The zero-order valence-corrected chi connectivity index (χ0v) is 16.0. The number of amides is 2. The zero-order chi connectivity index (χ0) is 20.3. The lowest BCUT2D eigenvalue weighted by Crippen LogP contribution is -2.50. The van der Waals surface area contributed by atoms with E-state index in [-0.39, 0.29) is 11.9 Å². The molecule has 1 atom stereocenters. The van der Waals surface area contributed by atoms with E-state index in [4.69, 9.17) is 9.47 Å². The SMILES string of the molecule is COc1ccc(C(=O)N2CCC(NC(=O)C3CC(F)(F)CN3)CC2)cc1OC. The lowest BCUT2D eigenvalue weighted by atomic mass is 10.0. The summed E-state index contributed by atoms with van der Waals surface area (Å²) in [5.74, 6) is -2.33. The number of rotatable bonds is 5. The summed E-state index contributed by atoms with van der Waals surface area (Å²) < 4.78 is 36.9. The number of carbonyl (C=O) groups excluding carboxylic acids is 2. The number of piperidine rings is 1. The molecule has 2 aliphatic heterocycles. The molecule has 0 saturated carbocycles. The van der Waals surface area contributed by atoms with Gasteiger partial charge >= 0.3 is 0 Å². The van der Waals surface area contributed by atoms with Crippen molar-refractivity contribution in [3.8, 4) is 11.5 Å². The van der Waals surface area contributed by atoms with Gasteiger partial charge in [-0.05, 0) is 31.0 Å². The van der Waals surface area contributed by atoms with E-state index in [9.17, 15) is 18.4 Å². The highest BCUT2D eigenvalue weighted by molar-refractivity contribution is 5.95. The zero-order valence-electron chi connectivity index (χ0n) is 16.0. The van der Waals surface area contributed by atoms with Crippen LogP contribution < -0.4 is 20.1 Å². The molecular formula is C19H25F2N3O4. The van der Waals surface area contributed by atoms with Crippen molar-refractivity contribution in [3.63, 3.8) is 0 Å². The van der Waals surface area contributed by atoms with E-state index < -0.39 is 30.8 Å². The molecule has 2 aliphatic rings. The van der Waals surface area contributed by atoms with Crippen molar-refractivity contribution in [3.05, 3.63) is 23.8 Å². The number of hydrogen-bond acceptors (Lipinski definition) is 5. The molecule has 9 heteroatoms. The normalized spacial score (nSPS) is 22.0. The maximum Gasteiger partial charge on any atom is 0.262 e. The Hall–Kier alpha value is -2.42. The molecule has 0 bridgehead atoms. The van der Waals surface area contributed by atoms with Gasteiger partial charge in [0.05, 0.1) is 26.8 Å². The van der Waals surface area contributed by atoms with E-state index in [1.54, 1.807) is 23.1 Å². The van der Waals surface area contributed by atoms with E-state index in [2.05, 4.69) is 10.6 Å². The minimum absolute atomic E-state index is 0.122. The summed E-state index contributed by atoms with van der Waals surface area (Å²) in [6.45, 7) is 0.488. The fourth-order valence-electron chi connectivity index (χ4n) is 3.58. The van der Waals surface area contributed by atoms with Gasteiger partial charge in [-0.15, -0.1) is 0 Å². The first-order valence-electron chi connectivity index (χ1n) is 9.26. The second kappa shape index (κ2) is 8.30. The number of alkyl halides is 2. The quantitative estimate of drug-likeness (QED) is 0.786. The summed E-state index contributed by atoms with van der Waals surface area (Å²) in [5.41, 5.74) is 0.498. The van der Waals surface area contributed by atoms with Crippen LogP contribution in [0, 0.1) is 0 Å². The Balaban J connectivity index is 1.52. The fraction of sp³-hybridized carbons (Fsp3) is 0.579. The number of ether oxygens (including phenoxy) is 2. The van der Waals surface area contributed by atoms with Crippen LogP contribution in [0.1, 0.15) is 29.6 Å². The van der Waals surface area contributed by atoms with E-state index >= 15 is 0 Å². The Morgan fingerprint density at radius 3 is 2.43 bits per heavy atom. The summed E-state index contributed by atoms with van der Waals surface area (Å²) in [6, 6.07) is 4.02. The van der Waals surface area contributed by atoms with Gasteiger partial charge in [0, 0.05) is 31.1 Å². The third-order valence-electron chi connectivity index (χ3n) is 5.19. The summed E-state index contributed by atoms with van der Waals surface area (Å²) in [6.07, 6.45) is 0.678. The first-order valence-corrected chi connectivity index (χ1v) is 9.26. The molecular weight excluding hydrogens is 372 g/mol. The number of nitrogens with zero attached hydrogens (tertiary/aromatic N) is 1. The molecule has 2 N–H and O–H groups in total. The average Bonchev–Trinajstić information content (AvgIpc) is 3.07. The molecule has 0 aliphatic carbocycles. The minimum atomic E-state index is -2.84. The molecule has 7 nitrogen and oxygen atoms in total. The standard InChI is InChI=1S/C19H25F2N3O4/c1-27-15-4-3-12(9-16(15)28-2)18(26)24-7-5-13(6-8-24)23-17(25)14-10-19(20,21)11-22-14/h3-4,9,13-14,22H,5-8,10-11H2,1-2H3,(H,23,25). The molecule has 3 rings (SSSR count). The molecule has 2 saturated heterocycles. The van der Waals surface area contributed by atoms with Crippen LogP contribution in [0.25, 0.3) is 0 Å². The van der Waals surface area contributed by atoms with Gasteiger partial charge in [-0.25, -0.2) is 8.78 Å². The molecule has 28 heavy (non-hydrogen) atoms. The van der Waals surface area contributed by atoms with Crippen LogP contribution >= 0.6 is 0 Å². The van der Waals surface area contributed by atoms with Crippen molar-refractivity contribution in [2.45, 2.75) is 37.3 Å². The van der Waals surface area contributed by atoms with Gasteiger partial charge < -0.3 is 19.7 Å². The number of nitrogens with one attached hydrogen (secondary N) is 2. The highest BCUT2D eigenvalue weighted by Gasteiger charge is 2.42. The molecule has 0 spiro atoms. The van der Waals surface area contributed by atoms with Crippen molar-refractivity contribution in [1.82, 2.24) is 15.5 Å².